The topological polar surface area (TPSA) is 72.8 Å². The Morgan fingerprint density at radius 2 is 1.63 bits per heavy atom. The van der Waals surface area contributed by atoms with Crippen LogP contribution in [0.3, 0.4) is 0 Å². The summed E-state index contributed by atoms with van der Waals surface area (Å²) < 4.78 is 24.0. The number of ketones is 1. The third-order valence-corrected chi connectivity index (χ3v) is 6.40. The molecule has 0 fully saturated rings. The first kappa shape index (κ1) is 19.9. The molecular weight excluding hydrogens is 400 g/mol. The summed E-state index contributed by atoms with van der Waals surface area (Å²) in [6.07, 6.45) is 0. The molecule has 30 heavy (non-hydrogen) atoms. The maximum absolute atomic E-state index is 13.5. The van der Waals surface area contributed by atoms with E-state index in [0.717, 1.165) is 0 Å². The molecule has 1 aliphatic rings. The molecule has 0 bridgehead atoms. The highest BCUT2D eigenvalue weighted by Gasteiger charge is 2.34. The Hall–Kier alpha value is -3.38. The molecule has 1 unspecified atom stereocenters. The van der Waals surface area contributed by atoms with Crippen molar-refractivity contribution in [2.24, 2.45) is 0 Å². The lowest BCUT2D eigenvalue weighted by molar-refractivity contribution is 0.105. The molecule has 1 N–H and O–H groups in total. The van der Waals surface area contributed by atoms with Crippen molar-refractivity contribution in [1.29, 1.82) is 0 Å². The number of aromatic hydroxyl groups is 1. The lowest BCUT2D eigenvalue weighted by Crippen LogP contribution is -2.04. The van der Waals surface area contributed by atoms with Crippen molar-refractivity contribution in [2.75, 3.05) is 13.7 Å². The Bertz CT molecular complexity index is 1160. The molecule has 0 saturated carbocycles. The fourth-order valence-corrected chi connectivity index (χ4v) is 4.98. The summed E-state index contributed by atoms with van der Waals surface area (Å²) in [5, 5.41) is 9.89. The van der Waals surface area contributed by atoms with Crippen molar-refractivity contribution >= 4 is 27.1 Å². The van der Waals surface area contributed by atoms with Crippen LogP contribution in [-0.4, -0.2) is 28.8 Å². The quantitative estimate of drug-likeness (QED) is 0.587. The Labute approximate surface area is 177 Å². The number of allylic oxidation sites excluding steroid dienone is 1. The highest BCUT2D eigenvalue weighted by molar-refractivity contribution is 7.95. The molecule has 1 aliphatic heterocycles. The predicted molar refractivity (Wildman–Crippen MR) is 116 cm³/mol. The second kappa shape index (κ2) is 8.16. The molecule has 1 heterocycles. The minimum Gasteiger partial charge on any atom is -0.508 e. The van der Waals surface area contributed by atoms with Gasteiger partial charge in [0, 0.05) is 16.7 Å². The fraction of sp³-hybridized carbons (Fsp3) is 0.125. The number of phenols is 1. The summed E-state index contributed by atoms with van der Waals surface area (Å²) >= 11 is 0. The number of Topliss-reactive ketones (excluding diaryl/α,β-unsaturated/α-hetero) is 1. The molecule has 0 spiro atoms. The number of ether oxygens (including phenoxy) is 2. The smallest absolute Gasteiger partial charge is 0.194 e. The zero-order valence-corrected chi connectivity index (χ0v) is 17.4. The van der Waals surface area contributed by atoms with E-state index in [1.165, 1.54) is 12.1 Å². The average molecular weight is 420 g/mol. The standard InChI is InChI=1S/C24H20O5S/c1-3-29-19-11-4-15(5-12-19)23(26)22-20-13-8-17(25)14-21(20)30(27)24(22)16-6-9-18(28-2)10-7-16/h4-14,25H,3H2,1-2H3. The number of carbonyl (C=O) groups is 1. The number of phenolic OH excluding ortho intramolecular Hbond substituents is 1. The predicted octanol–water partition coefficient (Wildman–Crippen LogP) is 4.67. The van der Waals surface area contributed by atoms with E-state index in [1.54, 1.807) is 61.7 Å². The first-order chi connectivity index (χ1) is 14.5. The molecule has 6 heteroatoms. The first-order valence-electron chi connectivity index (χ1n) is 9.45. The van der Waals surface area contributed by atoms with Crippen molar-refractivity contribution < 1.29 is 23.6 Å². The third-order valence-electron chi connectivity index (χ3n) is 4.85. The number of fused-ring (bicyclic) bond motifs is 1. The number of hydrogen-bond donors (Lipinski definition) is 1. The minimum atomic E-state index is -1.60. The zero-order valence-electron chi connectivity index (χ0n) is 16.5. The van der Waals surface area contributed by atoms with E-state index < -0.39 is 10.8 Å². The van der Waals surface area contributed by atoms with Gasteiger partial charge in [0.25, 0.3) is 0 Å². The molecule has 0 aliphatic carbocycles. The summed E-state index contributed by atoms with van der Waals surface area (Å²) in [7, 11) is -0.0330. The van der Waals surface area contributed by atoms with Gasteiger partial charge in [0.15, 0.2) is 5.78 Å². The lowest BCUT2D eigenvalue weighted by Gasteiger charge is -2.09. The van der Waals surface area contributed by atoms with Gasteiger partial charge in [-0.05, 0) is 67.1 Å². The van der Waals surface area contributed by atoms with Crippen LogP contribution in [-0.2, 0) is 10.8 Å². The van der Waals surface area contributed by atoms with Crippen molar-refractivity contribution in [3.05, 3.63) is 83.4 Å². The SMILES string of the molecule is CCOc1ccc(C(=O)C2=C(c3ccc(OC)cc3)S(=O)c3cc(O)ccc32)cc1. The van der Waals surface area contributed by atoms with Gasteiger partial charge in [0.1, 0.15) is 17.2 Å². The van der Waals surface area contributed by atoms with Gasteiger partial charge in [-0.15, -0.1) is 0 Å². The Morgan fingerprint density at radius 3 is 2.27 bits per heavy atom. The van der Waals surface area contributed by atoms with E-state index in [0.29, 0.717) is 50.2 Å². The molecular formula is C24H20O5S. The largest absolute Gasteiger partial charge is 0.508 e. The molecule has 0 amide bonds. The van der Waals surface area contributed by atoms with Gasteiger partial charge in [-0.2, -0.15) is 0 Å². The molecule has 4 rings (SSSR count). The monoisotopic (exact) mass is 420 g/mol. The average Bonchev–Trinajstić information content (AvgIpc) is 3.06. The minimum absolute atomic E-state index is 0.00551. The van der Waals surface area contributed by atoms with E-state index in [4.69, 9.17) is 9.47 Å². The van der Waals surface area contributed by atoms with Gasteiger partial charge in [-0.1, -0.05) is 12.1 Å². The number of hydrogen-bond acceptors (Lipinski definition) is 5. The maximum atomic E-state index is 13.5. The Kier molecular flexibility index (Phi) is 5.42. The fourth-order valence-electron chi connectivity index (χ4n) is 3.43. The van der Waals surface area contributed by atoms with Crippen LogP contribution in [0.2, 0.25) is 0 Å². The summed E-state index contributed by atoms with van der Waals surface area (Å²) in [5.74, 6) is 1.11. The van der Waals surface area contributed by atoms with Gasteiger partial charge in [0.2, 0.25) is 0 Å². The van der Waals surface area contributed by atoms with E-state index in [9.17, 15) is 14.1 Å². The third kappa shape index (κ3) is 3.50. The number of methoxy groups -OCH3 is 1. The van der Waals surface area contributed by atoms with E-state index in [2.05, 4.69) is 0 Å². The molecule has 152 valence electrons. The Morgan fingerprint density at radius 1 is 0.967 bits per heavy atom. The van der Waals surface area contributed by atoms with E-state index in [1.807, 2.05) is 6.92 Å². The summed E-state index contributed by atoms with van der Waals surface area (Å²) in [5.41, 5.74) is 2.07. The van der Waals surface area contributed by atoms with Gasteiger partial charge in [-0.25, -0.2) is 4.21 Å². The Balaban J connectivity index is 1.86. The number of carbonyl (C=O) groups excluding carboxylic acids is 1. The van der Waals surface area contributed by atoms with Crippen LogP contribution in [0.4, 0.5) is 0 Å². The molecule has 0 radical (unpaired) electrons. The van der Waals surface area contributed by atoms with Crippen LogP contribution < -0.4 is 9.47 Å². The van der Waals surface area contributed by atoms with Gasteiger partial charge in [-0.3, -0.25) is 4.79 Å². The van der Waals surface area contributed by atoms with Crippen molar-refractivity contribution in [1.82, 2.24) is 0 Å². The highest BCUT2D eigenvalue weighted by Crippen LogP contribution is 2.44. The number of benzene rings is 3. The summed E-state index contributed by atoms with van der Waals surface area (Å²) in [6.45, 7) is 2.43. The van der Waals surface area contributed by atoms with Crippen molar-refractivity contribution in [3.63, 3.8) is 0 Å². The maximum Gasteiger partial charge on any atom is 0.194 e. The summed E-state index contributed by atoms with van der Waals surface area (Å²) in [4.78, 5) is 14.3. The van der Waals surface area contributed by atoms with Crippen LogP contribution in [0.25, 0.3) is 10.5 Å². The van der Waals surface area contributed by atoms with E-state index >= 15 is 0 Å². The van der Waals surface area contributed by atoms with Crippen LogP contribution in [0, 0.1) is 0 Å². The molecule has 0 saturated heterocycles. The normalized spacial score (nSPS) is 15.1. The van der Waals surface area contributed by atoms with Gasteiger partial charge >= 0.3 is 0 Å². The second-order valence-corrected chi connectivity index (χ2v) is 8.05. The molecule has 3 aromatic rings. The second-order valence-electron chi connectivity index (χ2n) is 6.67. The molecule has 0 aromatic heterocycles. The van der Waals surface area contributed by atoms with Crippen molar-refractivity contribution in [3.8, 4) is 17.2 Å². The van der Waals surface area contributed by atoms with Crippen LogP contribution >= 0.6 is 0 Å². The van der Waals surface area contributed by atoms with Crippen LogP contribution in [0.15, 0.2) is 71.6 Å². The zero-order chi connectivity index (χ0) is 21.3. The first-order valence-corrected chi connectivity index (χ1v) is 10.6. The van der Waals surface area contributed by atoms with E-state index in [-0.39, 0.29) is 11.5 Å². The number of rotatable bonds is 6. The molecule has 3 aromatic carbocycles. The molecule has 1 atom stereocenters. The van der Waals surface area contributed by atoms with Gasteiger partial charge < -0.3 is 14.6 Å². The van der Waals surface area contributed by atoms with Crippen molar-refractivity contribution in [2.45, 2.75) is 11.8 Å². The highest BCUT2D eigenvalue weighted by atomic mass is 32.2. The lowest BCUT2D eigenvalue weighted by atomic mass is 9.94. The summed E-state index contributed by atoms with van der Waals surface area (Å²) in [6, 6.07) is 18.6. The van der Waals surface area contributed by atoms with Crippen LogP contribution in [0.1, 0.15) is 28.4 Å². The van der Waals surface area contributed by atoms with Gasteiger partial charge in [0.05, 0.1) is 34.3 Å². The van der Waals surface area contributed by atoms with Crippen LogP contribution in [0.5, 0.6) is 17.2 Å². The molecule has 5 nitrogen and oxygen atoms in total.